The van der Waals surface area contributed by atoms with E-state index in [2.05, 4.69) is 31.9 Å². The van der Waals surface area contributed by atoms with E-state index < -0.39 is 44.8 Å². The first-order valence-corrected chi connectivity index (χ1v) is 17.2. The molecule has 48 heavy (non-hydrogen) atoms. The monoisotopic (exact) mass is 809 g/mol. The van der Waals surface area contributed by atoms with Crippen molar-refractivity contribution >= 4 is 84.6 Å². The van der Waals surface area contributed by atoms with E-state index in [1.165, 1.54) is 42.5 Å². The van der Waals surface area contributed by atoms with Crippen molar-refractivity contribution in [3.63, 3.8) is 0 Å². The molecule has 242 valence electrons. The molecular weight excluding hydrogens is 789 g/mol. The second-order valence-electron chi connectivity index (χ2n) is 11.7. The number of benzene rings is 4. The summed E-state index contributed by atoms with van der Waals surface area (Å²) >= 11 is 19.8. The number of amides is 2. The Hall–Kier alpha value is -3.83. The van der Waals surface area contributed by atoms with Crippen LogP contribution >= 0.6 is 55.1 Å². The lowest BCUT2D eigenvalue weighted by molar-refractivity contribution is -0.145. The van der Waals surface area contributed by atoms with Gasteiger partial charge < -0.3 is 9.47 Å². The molecule has 4 aromatic rings. The molecular formula is C36H23Br2Cl2NO7. The highest BCUT2D eigenvalue weighted by molar-refractivity contribution is 9.10. The van der Waals surface area contributed by atoms with Gasteiger partial charge in [0.1, 0.15) is 5.75 Å². The number of rotatable bonds is 8. The van der Waals surface area contributed by atoms with Gasteiger partial charge in [0.2, 0.25) is 11.8 Å². The fourth-order valence-electron chi connectivity index (χ4n) is 6.95. The number of carbonyl (C=O) groups is 5. The van der Waals surface area contributed by atoms with Crippen molar-refractivity contribution in [1.82, 2.24) is 4.90 Å². The lowest BCUT2D eigenvalue weighted by Gasteiger charge is -2.55. The fourth-order valence-corrected chi connectivity index (χ4v) is 9.55. The normalized spacial score (nSPS) is 23.3. The number of hydrogen-bond acceptors (Lipinski definition) is 7. The Morgan fingerprint density at radius 2 is 1.21 bits per heavy atom. The third kappa shape index (κ3) is 5.03. The highest BCUT2D eigenvalue weighted by Gasteiger charge is 2.72. The van der Waals surface area contributed by atoms with Crippen LogP contribution in [0.15, 0.2) is 91.0 Å². The van der Waals surface area contributed by atoms with Crippen LogP contribution in [-0.4, -0.2) is 47.6 Å². The zero-order chi connectivity index (χ0) is 34.0. The summed E-state index contributed by atoms with van der Waals surface area (Å²) < 4.78 is 8.69. The summed E-state index contributed by atoms with van der Waals surface area (Å²) in [5.74, 6) is -3.92. The van der Waals surface area contributed by atoms with Crippen LogP contribution in [0.2, 0.25) is 10.0 Å². The second kappa shape index (κ2) is 12.2. The number of ketones is 1. The van der Waals surface area contributed by atoms with Crippen LogP contribution in [0.3, 0.4) is 0 Å². The number of hydrogen-bond donors (Lipinski definition) is 0. The maximum absolute atomic E-state index is 14.0. The van der Waals surface area contributed by atoms with Gasteiger partial charge in [-0.3, -0.25) is 24.1 Å². The van der Waals surface area contributed by atoms with Gasteiger partial charge in [0.25, 0.3) is 0 Å². The highest BCUT2D eigenvalue weighted by atomic mass is 79.9. The van der Waals surface area contributed by atoms with Crippen LogP contribution in [0.25, 0.3) is 0 Å². The predicted octanol–water partition coefficient (Wildman–Crippen LogP) is 7.23. The molecule has 0 N–H and O–H groups in total. The van der Waals surface area contributed by atoms with Crippen LogP contribution in [0.4, 0.5) is 0 Å². The van der Waals surface area contributed by atoms with E-state index >= 15 is 0 Å². The fraction of sp³-hybridized carbons (Fsp3) is 0.194. The first-order valence-electron chi connectivity index (χ1n) is 14.9. The summed E-state index contributed by atoms with van der Waals surface area (Å²) in [6.07, 6.45) is -0.279. The Morgan fingerprint density at radius 3 is 1.71 bits per heavy atom. The molecule has 0 saturated carbocycles. The number of ether oxygens (including phenoxy) is 2. The van der Waals surface area contributed by atoms with Gasteiger partial charge in [-0.2, -0.15) is 0 Å². The number of likely N-dealkylation sites (tertiary alicyclic amines) is 1. The Balaban J connectivity index is 0.985. The van der Waals surface area contributed by atoms with Crippen LogP contribution < -0.4 is 4.74 Å². The van der Waals surface area contributed by atoms with Crippen molar-refractivity contribution < 1.29 is 33.4 Å². The molecule has 1 aliphatic heterocycles. The second-order valence-corrected chi connectivity index (χ2v) is 15.0. The van der Waals surface area contributed by atoms with Gasteiger partial charge >= 0.3 is 11.9 Å². The lowest BCUT2D eigenvalue weighted by atomic mass is 9.54. The summed E-state index contributed by atoms with van der Waals surface area (Å²) in [5, 5.41) is 0.513. The first-order chi connectivity index (χ1) is 23.0. The van der Waals surface area contributed by atoms with E-state index in [9.17, 15) is 24.0 Å². The molecule has 12 heteroatoms. The maximum atomic E-state index is 14.0. The molecule has 1 heterocycles. The van der Waals surface area contributed by atoms with Crippen LogP contribution in [-0.2, 0) is 27.8 Å². The number of Topliss-reactive ketones (excluding diaryl/α,β-unsaturated/α-hetero) is 1. The minimum absolute atomic E-state index is 0.185. The van der Waals surface area contributed by atoms with Crippen LogP contribution in [0, 0.1) is 11.8 Å². The van der Waals surface area contributed by atoms with Gasteiger partial charge in [-0.25, -0.2) is 4.79 Å². The molecule has 8 nitrogen and oxygen atoms in total. The third-order valence-corrected chi connectivity index (χ3v) is 12.6. The quantitative estimate of drug-likeness (QED) is 0.0608. The van der Waals surface area contributed by atoms with E-state index in [0.717, 1.165) is 27.2 Å². The topological polar surface area (TPSA) is 107 Å². The lowest BCUT2D eigenvalue weighted by Crippen LogP contribution is -2.56. The van der Waals surface area contributed by atoms with Crippen LogP contribution in [0.5, 0.6) is 5.75 Å². The maximum Gasteiger partial charge on any atom is 0.343 e. The Kier molecular flexibility index (Phi) is 8.35. The number of esters is 2. The molecule has 2 atom stereocenters. The number of imide groups is 1. The predicted molar refractivity (Wildman–Crippen MR) is 184 cm³/mol. The molecule has 8 rings (SSSR count). The third-order valence-electron chi connectivity index (χ3n) is 9.12. The van der Waals surface area contributed by atoms with Crippen molar-refractivity contribution in [3.8, 4) is 5.75 Å². The largest absolute Gasteiger partial charge is 0.457 e. The number of halogens is 4. The van der Waals surface area contributed by atoms with Gasteiger partial charge in [0.15, 0.2) is 12.4 Å². The standard InChI is InChI=1S/C36H23Br2Cl2NO7/c37-35-22-5-1-2-6-23(22)36(38,25-8-4-3-7-24(25)35)31-30(35)32(44)41(33(31)45)16-15-29(43)47-18-28(42)19-9-12-21(13-10-19)48-34(46)20-11-14-26(39)27(40)17-20/h1-14,17,30-31H,15-16,18H2. The molecule has 2 bridgehead atoms. The van der Waals surface area contributed by atoms with Gasteiger partial charge in [0.05, 0.1) is 42.5 Å². The molecule has 3 aliphatic carbocycles. The van der Waals surface area contributed by atoms with E-state index in [0.29, 0.717) is 5.02 Å². The van der Waals surface area contributed by atoms with E-state index in [1.54, 1.807) is 0 Å². The van der Waals surface area contributed by atoms with Gasteiger partial charge in [-0.15, -0.1) is 0 Å². The minimum Gasteiger partial charge on any atom is -0.457 e. The zero-order valence-corrected chi connectivity index (χ0v) is 29.4. The SMILES string of the molecule is O=C(CCN1C(=O)C2C(C1=O)C1(Br)c3ccccc3C2(Br)c2ccccc21)OCC(=O)c1ccc(OC(=O)c2ccc(Cl)c(Cl)c2)cc1. The number of carbonyl (C=O) groups excluding carboxylic acids is 5. The molecule has 0 radical (unpaired) electrons. The molecule has 1 saturated heterocycles. The molecule has 0 spiro atoms. The molecule has 1 fully saturated rings. The Labute approximate surface area is 301 Å². The van der Waals surface area contributed by atoms with Gasteiger partial charge in [-0.05, 0) is 64.7 Å². The van der Waals surface area contributed by atoms with E-state index in [4.69, 9.17) is 32.7 Å². The molecule has 4 aromatic carbocycles. The van der Waals surface area contributed by atoms with E-state index in [1.807, 2.05) is 48.5 Å². The average molecular weight is 812 g/mol. The van der Waals surface area contributed by atoms with Crippen molar-refractivity contribution in [2.75, 3.05) is 13.2 Å². The minimum atomic E-state index is -0.924. The number of alkyl halides is 2. The molecule has 2 amide bonds. The first kappa shape index (κ1) is 32.7. The van der Waals surface area contributed by atoms with Crippen molar-refractivity contribution in [1.29, 1.82) is 0 Å². The molecule has 0 aromatic heterocycles. The average Bonchev–Trinajstić information content (AvgIpc) is 3.36. The van der Waals surface area contributed by atoms with Gasteiger partial charge in [0, 0.05) is 12.1 Å². The number of nitrogens with zero attached hydrogens (tertiary/aromatic N) is 1. The van der Waals surface area contributed by atoms with Gasteiger partial charge in [-0.1, -0.05) is 104 Å². The Bertz CT molecular complexity index is 1930. The van der Waals surface area contributed by atoms with E-state index in [-0.39, 0.29) is 46.7 Å². The summed E-state index contributed by atoms with van der Waals surface area (Å²) in [6.45, 7) is -0.733. The van der Waals surface area contributed by atoms with Crippen molar-refractivity contribution in [2.45, 2.75) is 15.1 Å². The summed E-state index contributed by atoms with van der Waals surface area (Å²) in [5.41, 5.74) is 4.10. The van der Waals surface area contributed by atoms with Crippen LogP contribution in [0.1, 0.15) is 49.4 Å². The summed E-state index contributed by atoms with van der Waals surface area (Å²) in [6, 6.07) is 25.6. The smallest absolute Gasteiger partial charge is 0.343 e. The molecule has 2 unspecified atom stereocenters. The van der Waals surface area contributed by atoms with Crippen molar-refractivity contribution in [3.05, 3.63) is 134 Å². The summed E-state index contributed by atoms with van der Waals surface area (Å²) in [7, 11) is 0. The summed E-state index contributed by atoms with van der Waals surface area (Å²) in [4.78, 5) is 67.0. The van der Waals surface area contributed by atoms with Crippen molar-refractivity contribution in [2.24, 2.45) is 11.8 Å². The molecule has 4 aliphatic rings. The Morgan fingerprint density at radius 1 is 0.708 bits per heavy atom. The zero-order valence-electron chi connectivity index (χ0n) is 24.8. The highest BCUT2D eigenvalue weighted by Crippen LogP contribution is 2.70.